The van der Waals surface area contributed by atoms with Crippen molar-refractivity contribution in [1.29, 1.82) is 0 Å². The standard InChI is InChI=1S/C17H29N3/c1-3-9-17(10-4-1,20-12-5-2-6-13-20)15-18-14-16-8-7-11-19-16/h7-8,11,18-19H,1-6,9-10,12-15H2. The van der Waals surface area contributed by atoms with Gasteiger partial charge in [-0.05, 0) is 50.9 Å². The molecule has 0 unspecified atom stereocenters. The fraction of sp³-hybridized carbons (Fsp3) is 0.765. The lowest BCUT2D eigenvalue weighted by molar-refractivity contribution is 0.0332. The number of likely N-dealkylation sites (tertiary alicyclic amines) is 1. The first-order chi connectivity index (χ1) is 9.89. The number of hydrogen-bond donors (Lipinski definition) is 2. The SMILES string of the molecule is c1c[nH]c(CNCC2(N3CCCCC3)CCCCC2)c1. The molecule has 3 nitrogen and oxygen atoms in total. The lowest BCUT2D eigenvalue weighted by Gasteiger charge is -2.48. The predicted octanol–water partition coefficient (Wildman–Crippen LogP) is 3.29. The smallest absolute Gasteiger partial charge is 0.0357 e. The van der Waals surface area contributed by atoms with Crippen LogP contribution in [0.4, 0.5) is 0 Å². The van der Waals surface area contributed by atoms with E-state index in [2.05, 4.69) is 27.3 Å². The molecule has 3 rings (SSSR count). The number of nitrogens with zero attached hydrogens (tertiary/aromatic N) is 1. The second kappa shape index (κ2) is 6.77. The van der Waals surface area contributed by atoms with Crippen LogP contribution in [0.1, 0.15) is 57.1 Å². The summed E-state index contributed by atoms with van der Waals surface area (Å²) >= 11 is 0. The fourth-order valence-corrected chi connectivity index (χ4v) is 4.09. The Kier molecular flexibility index (Phi) is 4.79. The zero-order valence-electron chi connectivity index (χ0n) is 12.7. The molecule has 0 bridgehead atoms. The largest absolute Gasteiger partial charge is 0.364 e. The van der Waals surface area contributed by atoms with Gasteiger partial charge < -0.3 is 10.3 Å². The Balaban J connectivity index is 1.59. The molecule has 0 radical (unpaired) electrons. The Hall–Kier alpha value is -0.800. The quantitative estimate of drug-likeness (QED) is 0.864. The third kappa shape index (κ3) is 3.26. The molecule has 0 spiro atoms. The van der Waals surface area contributed by atoms with Crippen molar-refractivity contribution in [2.75, 3.05) is 19.6 Å². The summed E-state index contributed by atoms with van der Waals surface area (Å²) in [7, 11) is 0. The van der Waals surface area contributed by atoms with E-state index in [1.807, 2.05) is 6.20 Å². The van der Waals surface area contributed by atoms with Crippen LogP contribution in [0.3, 0.4) is 0 Å². The molecule has 0 amide bonds. The first-order valence-corrected chi connectivity index (χ1v) is 8.47. The van der Waals surface area contributed by atoms with Crippen LogP contribution in [0.15, 0.2) is 18.3 Å². The molecule has 1 saturated heterocycles. The van der Waals surface area contributed by atoms with Crippen LogP contribution in [-0.4, -0.2) is 35.1 Å². The molecule has 2 N–H and O–H groups in total. The van der Waals surface area contributed by atoms with Gasteiger partial charge in [-0.3, -0.25) is 4.90 Å². The Morgan fingerprint density at radius 3 is 2.50 bits per heavy atom. The van der Waals surface area contributed by atoms with Crippen LogP contribution < -0.4 is 5.32 Å². The van der Waals surface area contributed by atoms with E-state index in [1.165, 1.54) is 70.2 Å². The van der Waals surface area contributed by atoms with Crippen molar-refractivity contribution < 1.29 is 0 Å². The Bertz CT molecular complexity index is 373. The zero-order valence-corrected chi connectivity index (χ0v) is 12.7. The normalized spacial score (nSPS) is 23.8. The molecule has 2 heterocycles. The van der Waals surface area contributed by atoms with Gasteiger partial charge in [0.2, 0.25) is 0 Å². The van der Waals surface area contributed by atoms with E-state index < -0.39 is 0 Å². The van der Waals surface area contributed by atoms with Gasteiger partial charge in [0.1, 0.15) is 0 Å². The van der Waals surface area contributed by atoms with E-state index >= 15 is 0 Å². The van der Waals surface area contributed by atoms with Crippen molar-refractivity contribution in [2.45, 2.75) is 63.5 Å². The molecule has 1 aromatic rings. The van der Waals surface area contributed by atoms with Crippen LogP contribution in [-0.2, 0) is 6.54 Å². The number of aromatic amines is 1. The van der Waals surface area contributed by atoms with Crippen molar-refractivity contribution in [2.24, 2.45) is 0 Å². The van der Waals surface area contributed by atoms with E-state index in [-0.39, 0.29) is 0 Å². The molecule has 0 atom stereocenters. The summed E-state index contributed by atoms with van der Waals surface area (Å²) in [5.41, 5.74) is 1.75. The highest BCUT2D eigenvalue weighted by molar-refractivity contribution is 5.04. The highest BCUT2D eigenvalue weighted by Crippen LogP contribution is 2.35. The first kappa shape index (κ1) is 14.2. The van der Waals surface area contributed by atoms with E-state index in [4.69, 9.17) is 0 Å². The summed E-state index contributed by atoms with van der Waals surface area (Å²) in [5.74, 6) is 0. The number of rotatable bonds is 5. The summed E-state index contributed by atoms with van der Waals surface area (Å²) in [4.78, 5) is 6.11. The summed E-state index contributed by atoms with van der Waals surface area (Å²) in [6.45, 7) is 4.78. The lowest BCUT2D eigenvalue weighted by Crippen LogP contribution is -2.57. The predicted molar refractivity (Wildman–Crippen MR) is 83.7 cm³/mol. The van der Waals surface area contributed by atoms with Gasteiger partial charge in [-0.2, -0.15) is 0 Å². The van der Waals surface area contributed by atoms with Gasteiger partial charge in [0.25, 0.3) is 0 Å². The Morgan fingerprint density at radius 2 is 1.80 bits per heavy atom. The van der Waals surface area contributed by atoms with Crippen molar-refractivity contribution in [3.63, 3.8) is 0 Å². The molecule has 3 heteroatoms. The highest BCUT2D eigenvalue weighted by atomic mass is 15.2. The molecule has 2 aliphatic rings. The second-order valence-corrected chi connectivity index (χ2v) is 6.63. The average molecular weight is 275 g/mol. The number of nitrogens with one attached hydrogen (secondary N) is 2. The minimum atomic E-state index is 0.450. The fourth-order valence-electron chi connectivity index (χ4n) is 4.09. The third-order valence-corrected chi connectivity index (χ3v) is 5.24. The van der Waals surface area contributed by atoms with E-state index in [0.717, 1.165) is 13.1 Å². The van der Waals surface area contributed by atoms with Gasteiger partial charge in [-0.1, -0.05) is 25.7 Å². The van der Waals surface area contributed by atoms with Gasteiger partial charge in [-0.25, -0.2) is 0 Å². The summed E-state index contributed by atoms with van der Waals surface area (Å²) in [5, 5.41) is 3.72. The van der Waals surface area contributed by atoms with Crippen LogP contribution in [0.2, 0.25) is 0 Å². The van der Waals surface area contributed by atoms with Crippen molar-refractivity contribution in [3.8, 4) is 0 Å². The molecule has 2 fully saturated rings. The van der Waals surface area contributed by atoms with Crippen molar-refractivity contribution in [3.05, 3.63) is 24.0 Å². The van der Waals surface area contributed by atoms with Gasteiger partial charge in [0, 0.05) is 30.5 Å². The molecule has 1 aliphatic heterocycles. The topological polar surface area (TPSA) is 31.1 Å². The Morgan fingerprint density at radius 1 is 1.05 bits per heavy atom. The maximum Gasteiger partial charge on any atom is 0.0357 e. The summed E-state index contributed by atoms with van der Waals surface area (Å²) in [6, 6.07) is 4.25. The molecule has 20 heavy (non-hydrogen) atoms. The summed E-state index contributed by atoms with van der Waals surface area (Å²) in [6.07, 6.45) is 13.3. The maximum atomic E-state index is 3.72. The summed E-state index contributed by atoms with van der Waals surface area (Å²) < 4.78 is 0. The molecule has 1 saturated carbocycles. The van der Waals surface area contributed by atoms with E-state index in [9.17, 15) is 0 Å². The van der Waals surface area contributed by atoms with Gasteiger partial charge >= 0.3 is 0 Å². The second-order valence-electron chi connectivity index (χ2n) is 6.63. The van der Waals surface area contributed by atoms with Crippen LogP contribution in [0, 0.1) is 0 Å². The van der Waals surface area contributed by atoms with Crippen LogP contribution in [0.25, 0.3) is 0 Å². The molecule has 0 aromatic carbocycles. The molecule has 1 aliphatic carbocycles. The lowest BCUT2D eigenvalue weighted by atomic mass is 9.79. The minimum Gasteiger partial charge on any atom is -0.364 e. The maximum absolute atomic E-state index is 3.72. The molecular weight excluding hydrogens is 246 g/mol. The average Bonchev–Trinajstić information content (AvgIpc) is 3.02. The molecule has 112 valence electrons. The van der Waals surface area contributed by atoms with E-state index in [1.54, 1.807) is 0 Å². The number of hydrogen-bond acceptors (Lipinski definition) is 2. The zero-order chi connectivity index (χ0) is 13.7. The van der Waals surface area contributed by atoms with Crippen molar-refractivity contribution in [1.82, 2.24) is 15.2 Å². The first-order valence-electron chi connectivity index (χ1n) is 8.47. The number of H-pyrrole nitrogens is 1. The number of piperidine rings is 1. The van der Waals surface area contributed by atoms with Gasteiger partial charge in [0.05, 0.1) is 0 Å². The van der Waals surface area contributed by atoms with Crippen LogP contribution in [0.5, 0.6) is 0 Å². The monoisotopic (exact) mass is 275 g/mol. The molecular formula is C17H29N3. The molecule has 1 aromatic heterocycles. The van der Waals surface area contributed by atoms with Gasteiger partial charge in [0.15, 0.2) is 0 Å². The van der Waals surface area contributed by atoms with Crippen LogP contribution >= 0.6 is 0 Å². The minimum absolute atomic E-state index is 0.450. The van der Waals surface area contributed by atoms with Crippen molar-refractivity contribution >= 4 is 0 Å². The van der Waals surface area contributed by atoms with Gasteiger partial charge in [-0.15, -0.1) is 0 Å². The van der Waals surface area contributed by atoms with E-state index in [0.29, 0.717) is 5.54 Å². The number of aromatic nitrogens is 1. The highest BCUT2D eigenvalue weighted by Gasteiger charge is 2.37. The Labute approximate surface area is 123 Å². The third-order valence-electron chi connectivity index (χ3n) is 5.24.